The second-order valence-electron chi connectivity index (χ2n) is 7.53. The van der Waals surface area contributed by atoms with E-state index in [1.807, 2.05) is 6.92 Å². The Morgan fingerprint density at radius 1 is 1.13 bits per heavy atom. The van der Waals surface area contributed by atoms with E-state index in [1.165, 1.54) is 18.2 Å². The van der Waals surface area contributed by atoms with Gasteiger partial charge in [-0.2, -0.15) is 10.1 Å². The van der Waals surface area contributed by atoms with E-state index >= 15 is 0 Å². The summed E-state index contributed by atoms with van der Waals surface area (Å²) in [4.78, 5) is 16.5. The Hall–Kier alpha value is -3.33. The molecule has 0 radical (unpaired) electrons. The third-order valence-electron chi connectivity index (χ3n) is 4.80. The molecule has 3 N–H and O–H groups in total. The van der Waals surface area contributed by atoms with Crippen molar-refractivity contribution in [3.05, 3.63) is 70.5 Å². The zero-order valence-electron chi connectivity index (χ0n) is 16.3. The maximum Gasteiger partial charge on any atom is 0.280 e. The molecule has 10 heteroatoms. The number of H-pyrrole nitrogens is 1. The Bertz CT molecular complexity index is 1170. The van der Waals surface area contributed by atoms with Crippen LogP contribution in [0, 0.1) is 17.5 Å². The third-order valence-corrected chi connectivity index (χ3v) is 5.10. The summed E-state index contributed by atoms with van der Waals surface area (Å²) in [6, 6.07) is 8.28. The molecule has 0 unspecified atom stereocenters. The monoisotopic (exact) mass is 447 g/mol. The second-order valence-corrected chi connectivity index (χ2v) is 7.94. The number of nitrogens with zero attached hydrogens (tertiary/aromatic N) is 2. The zero-order chi connectivity index (χ0) is 22.2. The minimum absolute atomic E-state index is 0.0295. The van der Waals surface area contributed by atoms with Gasteiger partial charge in [0.05, 0.1) is 10.7 Å². The van der Waals surface area contributed by atoms with Crippen LogP contribution < -0.4 is 10.6 Å². The average molecular weight is 448 g/mol. The summed E-state index contributed by atoms with van der Waals surface area (Å²) >= 11 is 5.66. The summed E-state index contributed by atoms with van der Waals surface area (Å²) in [5, 5.41) is 12.7. The molecule has 1 saturated carbocycles. The molecule has 1 aliphatic rings. The first-order chi connectivity index (χ1) is 14.7. The number of carbonyl (C=O) groups excluding carboxylic acids is 1. The minimum Gasteiger partial charge on any atom is -0.351 e. The Balaban J connectivity index is 1.58. The van der Waals surface area contributed by atoms with Gasteiger partial charge in [-0.05, 0) is 50.1 Å². The molecule has 6 nitrogen and oxygen atoms in total. The van der Waals surface area contributed by atoms with Crippen LogP contribution >= 0.6 is 11.6 Å². The summed E-state index contributed by atoms with van der Waals surface area (Å²) < 4.78 is 40.7. The van der Waals surface area contributed by atoms with Crippen LogP contribution in [0.2, 0.25) is 5.02 Å². The number of halogens is 4. The molecule has 1 amide bonds. The zero-order valence-corrected chi connectivity index (χ0v) is 17.0. The first kappa shape index (κ1) is 20.9. The van der Waals surface area contributed by atoms with E-state index in [4.69, 9.17) is 11.6 Å². The van der Waals surface area contributed by atoms with Crippen molar-refractivity contribution < 1.29 is 18.0 Å². The highest BCUT2D eigenvalue weighted by Gasteiger charge is 2.38. The van der Waals surface area contributed by atoms with E-state index in [2.05, 4.69) is 25.8 Å². The van der Waals surface area contributed by atoms with E-state index in [9.17, 15) is 18.0 Å². The Kier molecular flexibility index (Phi) is 5.45. The lowest BCUT2D eigenvalue weighted by Crippen LogP contribution is -2.39. The number of carbonyl (C=O) groups is 1. The van der Waals surface area contributed by atoms with Crippen molar-refractivity contribution in [3.8, 4) is 11.3 Å². The van der Waals surface area contributed by atoms with Crippen molar-refractivity contribution in [2.24, 2.45) is 4.99 Å². The third kappa shape index (κ3) is 5.05. The van der Waals surface area contributed by atoms with Gasteiger partial charge in [0, 0.05) is 28.8 Å². The number of anilines is 1. The van der Waals surface area contributed by atoms with Crippen LogP contribution in [0.4, 0.5) is 19.0 Å². The van der Waals surface area contributed by atoms with Crippen LogP contribution in [0.25, 0.3) is 11.3 Å². The van der Waals surface area contributed by atoms with Crippen molar-refractivity contribution in [1.82, 2.24) is 15.5 Å². The molecule has 3 aromatic rings. The van der Waals surface area contributed by atoms with Crippen LogP contribution in [0.3, 0.4) is 0 Å². The molecule has 0 bridgehead atoms. The predicted molar refractivity (Wildman–Crippen MR) is 112 cm³/mol. The van der Waals surface area contributed by atoms with Crippen LogP contribution in [0.5, 0.6) is 0 Å². The average Bonchev–Trinajstić information content (AvgIpc) is 3.22. The minimum atomic E-state index is -0.724. The fourth-order valence-corrected chi connectivity index (χ4v) is 2.96. The number of aromatic amines is 1. The van der Waals surface area contributed by atoms with Gasteiger partial charge in [0.2, 0.25) is 5.96 Å². The van der Waals surface area contributed by atoms with Gasteiger partial charge < -0.3 is 10.6 Å². The Morgan fingerprint density at radius 3 is 2.48 bits per heavy atom. The van der Waals surface area contributed by atoms with Crippen molar-refractivity contribution in [3.63, 3.8) is 0 Å². The summed E-state index contributed by atoms with van der Waals surface area (Å²) in [5.74, 6) is -2.46. The SMILES string of the molecule is CC1(N/C(=N/C(=O)c2ccc(Cl)c(F)c2)Nc2cc(-c3cc(F)cc(F)c3)[nH]n2)CC1. The van der Waals surface area contributed by atoms with Crippen LogP contribution in [0.1, 0.15) is 30.1 Å². The van der Waals surface area contributed by atoms with Gasteiger partial charge in [0.25, 0.3) is 5.91 Å². The van der Waals surface area contributed by atoms with Gasteiger partial charge in [-0.1, -0.05) is 11.6 Å². The van der Waals surface area contributed by atoms with E-state index < -0.39 is 23.4 Å². The largest absolute Gasteiger partial charge is 0.351 e. The first-order valence-electron chi connectivity index (χ1n) is 9.36. The van der Waals surface area contributed by atoms with E-state index in [0.29, 0.717) is 5.69 Å². The molecule has 0 aliphatic heterocycles. The first-order valence-corrected chi connectivity index (χ1v) is 9.74. The van der Waals surface area contributed by atoms with Crippen LogP contribution in [-0.2, 0) is 0 Å². The number of guanidine groups is 1. The highest BCUT2D eigenvalue weighted by Crippen LogP contribution is 2.34. The number of aromatic nitrogens is 2. The second kappa shape index (κ2) is 8.07. The topological polar surface area (TPSA) is 82.2 Å². The van der Waals surface area contributed by atoms with Gasteiger partial charge >= 0.3 is 0 Å². The molecule has 4 rings (SSSR count). The van der Waals surface area contributed by atoms with Gasteiger partial charge in [-0.3, -0.25) is 9.89 Å². The molecular formula is C21H17ClF3N5O. The molecule has 160 valence electrons. The van der Waals surface area contributed by atoms with Gasteiger partial charge in [-0.25, -0.2) is 13.2 Å². The lowest BCUT2D eigenvalue weighted by molar-refractivity contribution is 0.100. The van der Waals surface area contributed by atoms with Crippen molar-refractivity contribution in [2.45, 2.75) is 25.3 Å². The smallest absolute Gasteiger partial charge is 0.280 e. The molecule has 1 aliphatic carbocycles. The number of benzene rings is 2. The number of hydrogen-bond donors (Lipinski definition) is 3. The van der Waals surface area contributed by atoms with Crippen LogP contribution in [-0.4, -0.2) is 27.6 Å². The van der Waals surface area contributed by atoms with E-state index in [1.54, 1.807) is 0 Å². The molecule has 2 aromatic carbocycles. The molecule has 1 aromatic heterocycles. The fourth-order valence-electron chi connectivity index (χ4n) is 2.85. The quantitative estimate of drug-likeness (QED) is 0.392. The van der Waals surface area contributed by atoms with Gasteiger partial charge in [0.15, 0.2) is 5.82 Å². The molecule has 1 fully saturated rings. The molecule has 0 atom stereocenters. The molecular weight excluding hydrogens is 431 g/mol. The van der Waals surface area contributed by atoms with Gasteiger partial charge in [0.1, 0.15) is 17.5 Å². The molecule has 0 spiro atoms. The van der Waals surface area contributed by atoms with E-state index in [-0.39, 0.29) is 33.5 Å². The van der Waals surface area contributed by atoms with E-state index in [0.717, 1.165) is 37.1 Å². The number of hydrogen-bond acceptors (Lipinski definition) is 2. The Labute approximate surface area is 180 Å². The highest BCUT2D eigenvalue weighted by atomic mass is 35.5. The number of amides is 1. The summed E-state index contributed by atoms with van der Waals surface area (Å²) in [6.45, 7) is 1.96. The lowest BCUT2D eigenvalue weighted by Gasteiger charge is -2.15. The van der Waals surface area contributed by atoms with Crippen LogP contribution in [0.15, 0.2) is 47.5 Å². The maximum absolute atomic E-state index is 13.7. The predicted octanol–water partition coefficient (Wildman–Crippen LogP) is 4.90. The summed E-state index contributed by atoms with van der Waals surface area (Å²) in [7, 11) is 0. The lowest BCUT2D eigenvalue weighted by atomic mass is 10.1. The van der Waals surface area contributed by atoms with Gasteiger partial charge in [-0.15, -0.1) is 0 Å². The number of nitrogens with one attached hydrogen (secondary N) is 3. The van der Waals surface area contributed by atoms with Crippen molar-refractivity contribution >= 4 is 29.3 Å². The Morgan fingerprint density at radius 2 is 1.84 bits per heavy atom. The molecule has 31 heavy (non-hydrogen) atoms. The number of rotatable bonds is 4. The number of aliphatic imine (C=N–C) groups is 1. The summed E-state index contributed by atoms with van der Waals surface area (Å²) in [5.41, 5.74) is 0.430. The maximum atomic E-state index is 13.7. The normalized spacial score (nSPS) is 14.9. The molecule has 1 heterocycles. The summed E-state index contributed by atoms with van der Waals surface area (Å²) in [6.07, 6.45) is 1.76. The van der Waals surface area contributed by atoms with Crippen molar-refractivity contribution in [2.75, 3.05) is 5.32 Å². The highest BCUT2D eigenvalue weighted by molar-refractivity contribution is 6.30. The fraction of sp³-hybridized carbons (Fsp3) is 0.190. The standard InChI is InChI=1S/C21H17ClF3N5O/c1-21(4-5-21)28-20(27-19(31)11-2-3-15(22)16(25)8-11)26-18-10-17(29-30-18)12-6-13(23)9-14(24)7-12/h2-3,6-10H,4-5H2,1H3,(H3,26,27,28,29,30,31). The molecule has 0 saturated heterocycles. The van der Waals surface area contributed by atoms with Crippen molar-refractivity contribution in [1.29, 1.82) is 0 Å².